The molecule has 44 valence electrons. The van der Waals surface area contributed by atoms with E-state index < -0.39 is 0 Å². The molecule has 0 spiro atoms. The highest BCUT2D eigenvalue weighted by Gasteiger charge is 1.85. The highest BCUT2D eigenvalue weighted by atomic mass is 16.5. The van der Waals surface area contributed by atoms with E-state index in [1.807, 2.05) is 6.92 Å². The van der Waals surface area contributed by atoms with Crippen LogP contribution in [0.5, 0.6) is 0 Å². The molecule has 0 aromatic carbocycles. The maximum absolute atomic E-state index is 5.29. The molecule has 3 heteroatoms. The molecule has 0 heterocycles. The minimum absolute atomic E-state index is 0.0277. The lowest BCUT2D eigenvalue weighted by Gasteiger charge is -2.04. The van der Waals surface area contributed by atoms with Gasteiger partial charge in [0.05, 0.1) is 12.9 Å². The van der Waals surface area contributed by atoms with Crippen LogP contribution in [-0.2, 0) is 4.74 Å². The zero-order chi connectivity index (χ0) is 5.70. The van der Waals surface area contributed by atoms with Gasteiger partial charge in [-0.15, -0.1) is 0 Å². The van der Waals surface area contributed by atoms with Gasteiger partial charge in [0.1, 0.15) is 0 Å². The van der Waals surface area contributed by atoms with Gasteiger partial charge in [0, 0.05) is 7.11 Å². The maximum atomic E-state index is 5.29. The SMILES string of the molecule is COCNC(C)N. The molecule has 0 saturated heterocycles. The summed E-state index contributed by atoms with van der Waals surface area (Å²) in [5.74, 6) is 0. The molecule has 0 aromatic heterocycles. The molecule has 0 aliphatic heterocycles. The van der Waals surface area contributed by atoms with Crippen molar-refractivity contribution < 1.29 is 4.74 Å². The minimum Gasteiger partial charge on any atom is -0.369 e. The molecule has 0 amide bonds. The molecule has 0 radical (unpaired) electrons. The van der Waals surface area contributed by atoms with Crippen molar-refractivity contribution in [1.29, 1.82) is 0 Å². The van der Waals surface area contributed by atoms with E-state index in [4.69, 9.17) is 5.73 Å². The second-order valence-corrected chi connectivity index (χ2v) is 1.43. The first kappa shape index (κ1) is 6.88. The topological polar surface area (TPSA) is 47.3 Å². The van der Waals surface area contributed by atoms with Crippen molar-refractivity contribution in [3.63, 3.8) is 0 Å². The fourth-order valence-electron chi connectivity index (χ4n) is 0.215. The molecule has 7 heavy (non-hydrogen) atoms. The van der Waals surface area contributed by atoms with Gasteiger partial charge in [-0.1, -0.05) is 0 Å². The molecule has 0 aliphatic carbocycles. The van der Waals surface area contributed by atoms with Gasteiger partial charge in [0.25, 0.3) is 0 Å². The Balaban J connectivity index is 2.68. The predicted octanol–water partition coefficient (Wildman–Crippen LogP) is -0.515. The second kappa shape index (κ2) is 4.05. The summed E-state index contributed by atoms with van der Waals surface area (Å²) >= 11 is 0. The molecule has 3 nitrogen and oxygen atoms in total. The van der Waals surface area contributed by atoms with Crippen LogP contribution in [0.1, 0.15) is 6.92 Å². The monoisotopic (exact) mass is 104 g/mol. The van der Waals surface area contributed by atoms with Gasteiger partial charge < -0.3 is 10.5 Å². The normalized spacial score (nSPS) is 14.1. The Kier molecular flexibility index (Phi) is 3.98. The third-order valence-corrected chi connectivity index (χ3v) is 0.550. The van der Waals surface area contributed by atoms with E-state index in [0.717, 1.165) is 0 Å². The van der Waals surface area contributed by atoms with E-state index in [0.29, 0.717) is 6.73 Å². The summed E-state index contributed by atoms with van der Waals surface area (Å²) in [5, 5.41) is 2.85. The zero-order valence-corrected chi connectivity index (χ0v) is 4.77. The number of hydrogen-bond donors (Lipinski definition) is 2. The third-order valence-electron chi connectivity index (χ3n) is 0.550. The van der Waals surface area contributed by atoms with E-state index in [9.17, 15) is 0 Å². The van der Waals surface area contributed by atoms with E-state index in [2.05, 4.69) is 10.1 Å². The van der Waals surface area contributed by atoms with Crippen LogP contribution < -0.4 is 11.1 Å². The number of nitrogens with two attached hydrogens (primary N) is 1. The molecule has 0 bridgehead atoms. The zero-order valence-electron chi connectivity index (χ0n) is 4.77. The number of ether oxygens (including phenoxy) is 1. The van der Waals surface area contributed by atoms with E-state index in [1.54, 1.807) is 7.11 Å². The van der Waals surface area contributed by atoms with Gasteiger partial charge in [-0.25, -0.2) is 0 Å². The lowest BCUT2D eigenvalue weighted by molar-refractivity contribution is 0.166. The van der Waals surface area contributed by atoms with Gasteiger partial charge in [-0.3, -0.25) is 5.32 Å². The van der Waals surface area contributed by atoms with E-state index in [1.165, 1.54) is 0 Å². The van der Waals surface area contributed by atoms with Crippen molar-refractivity contribution in [2.24, 2.45) is 5.73 Å². The van der Waals surface area contributed by atoms with Crippen molar-refractivity contribution in [3.05, 3.63) is 0 Å². The van der Waals surface area contributed by atoms with Crippen molar-refractivity contribution in [3.8, 4) is 0 Å². The number of nitrogens with one attached hydrogen (secondary N) is 1. The van der Waals surface area contributed by atoms with Crippen molar-refractivity contribution in [2.45, 2.75) is 13.1 Å². The molecule has 0 aromatic rings. The Hall–Kier alpha value is -0.120. The molecule has 0 fully saturated rings. The summed E-state index contributed by atoms with van der Waals surface area (Å²) in [6, 6.07) is 0. The van der Waals surface area contributed by atoms with Crippen molar-refractivity contribution >= 4 is 0 Å². The average Bonchev–Trinajstić information content (AvgIpc) is 1.61. The van der Waals surface area contributed by atoms with E-state index >= 15 is 0 Å². The van der Waals surface area contributed by atoms with Crippen molar-refractivity contribution in [2.75, 3.05) is 13.8 Å². The van der Waals surface area contributed by atoms with Gasteiger partial charge in [0.15, 0.2) is 0 Å². The summed E-state index contributed by atoms with van der Waals surface area (Å²) in [4.78, 5) is 0. The first-order valence-electron chi connectivity index (χ1n) is 2.25. The van der Waals surface area contributed by atoms with Gasteiger partial charge in [-0.2, -0.15) is 0 Å². The highest BCUT2D eigenvalue weighted by molar-refractivity contribution is 4.41. The summed E-state index contributed by atoms with van der Waals surface area (Å²) in [5.41, 5.74) is 5.29. The van der Waals surface area contributed by atoms with Crippen LogP contribution in [-0.4, -0.2) is 20.0 Å². The highest BCUT2D eigenvalue weighted by Crippen LogP contribution is 1.63. The molecule has 1 atom stereocenters. The summed E-state index contributed by atoms with van der Waals surface area (Å²) < 4.78 is 4.66. The maximum Gasteiger partial charge on any atom is 0.0973 e. The van der Waals surface area contributed by atoms with Gasteiger partial charge in [-0.05, 0) is 6.92 Å². The van der Waals surface area contributed by atoms with Crippen LogP contribution in [0.2, 0.25) is 0 Å². The van der Waals surface area contributed by atoms with Crippen LogP contribution >= 0.6 is 0 Å². The van der Waals surface area contributed by atoms with Crippen LogP contribution in [0, 0.1) is 0 Å². The number of hydrogen-bond acceptors (Lipinski definition) is 3. The van der Waals surface area contributed by atoms with E-state index in [-0.39, 0.29) is 6.17 Å². The smallest absolute Gasteiger partial charge is 0.0973 e. The second-order valence-electron chi connectivity index (χ2n) is 1.43. The lowest BCUT2D eigenvalue weighted by Crippen LogP contribution is -2.35. The van der Waals surface area contributed by atoms with Crippen LogP contribution in [0.3, 0.4) is 0 Å². The lowest BCUT2D eigenvalue weighted by atomic mass is 10.6. The molecule has 3 N–H and O–H groups in total. The van der Waals surface area contributed by atoms with Gasteiger partial charge >= 0.3 is 0 Å². The molecular weight excluding hydrogens is 92.1 g/mol. The van der Waals surface area contributed by atoms with Crippen LogP contribution in [0.25, 0.3) is 0 Å². The predicted molar refractivity (Wildman–Crippen MR) is 28.7 cm³/mol. The Labute approximate surface area is 43.8 Å². The first-order chi connectivity index (χ1) is 3.27. The molecular formula is C4H12N2O. The molecule has 1 unspecified atom stereocenters. The first-order valence-corrected chi connectivity index (χ1v) is 2.25. The Morgan fingerprint density at radius 1 is 1.86 bits per heavy atom. The summed E-state index contributed by atoms with van der Waals surface area (Å²) in [6.45, 7) is 2.39. The molecule has 0 saturated carbocycles. The Morgan fingerprint density at radius 3 is 2.57 bits per heavy atom. The third kappa shape index (κ3) is 5.88. The van der Waals surface area contributed by atoms with Gasteiger partial charge in [0.2, 0.25) is 0 Å². The molecule has 0 aliphatic rings. The molecule has 0 rings (SSSR count). The summed E-state index contributed by atoms with van der Waals surface area (Å²) in [7, 11) is 1.62. The minimum atomic E-state index is 0.0277. The standard InChI is InChI=1S/C4H12N2O/c1-4(5)6-3-7-2/h4,6H,3,5H2,1-2H3. The summed E-state index contributed by atoms with van der Waals surface area (Å²) in [6.07, 6.45) is 0.0277. The largest absolute Gasteiger partial charge is 0.369 e. The fraction of sp³-hybridized carbons (Fsp3) is 1.00. The van der Waals surface area contributed by atoms with Crippen LogP contribution in [0.4, 0.5) is 0 Å². The quantitative estimate of drug-likeness (QED) is 0.474. The number of methoxy groups -OCH3 is 1. The number of rotatable bonds is 3. The Bertz CT molecular complexity index is 38.7. The average molecular weight is 104 g/mol. The fourth-order valence-corrected chi connectivity index (χ4v) is 0.215. The van der Waals surface area contributed by atoms with Crippen LogP contribution in [0.15, 0.2) is 0 Å². The Morgan fingerprint density at radius 2 is 2.43 bits per heavy atom. The van der Waals surface area contributed by atoms with Crippen molar-refractivity contribution in [1.82, 2.24) is 5.32 Å².